The number of rotatable bonds is 8. The first kappa shape index (κ1) is 21.2. The van der Waals surface area contributed by atoms with Crippen molar-refractivity contribution in [2.75, 3.05) is 32.8 Å². The molecule has 1 aliphatic heterocycles. The van der Waals surface area contributed by atoms with Crippen molar-refractivity contribution in [2.24, 2.45) is 0 Å². The van der Waals surface area contributed by atoms with Crippen LogP contribution >= 0.6 is 0 Å². The Labute approximate surface area is 168 Å². The summed E-state index contributed by atoms with van der Waals surface area (Å²) in [4.78, 5) is 12.0. The summed E-state index contributed by atoms with van der Waals surface area (Å²) < 4.78 is 31.9. The van der Waals surface area contributed by atoms with Gasteiger partial charge in [0.2, 0.25) is 0 Å². The highest BCUT2D eigenvalue weighted by Gasteiger charge is 2.50. The van der Waals surface area contributed by atoms with E-state index < -0.39 is 23.6 Å². The maximum atomic E-state index is 14.0. The summed E-state index contributed by atoms with van der Waals surface area (Å²) in [6.45, 7) is 2.52. The maximum absolute atomic E-state index is 14.0. The molecule has 0 saturated carbocycles. The monoisotopic (exact) mass is 407 g/mol. The van der Waals surface area contributed by atoms with Gasteiger partial charge in [-0.05, 0) is 30.7 Å². The van der Waals surface area contributed by atoms with Crippen molar-refractivity contribution >= 4 is 5.82 Å². The van der Waals surface area contributed by atoms with Crippen LogP contribution < -0.4 is 15.6 Å². The SMILES string of the molecule is CCCn1nc(N[C@@H]2c3cc(F)ccc3OC(COC)(COC)[C@H]2O)ccc1=O. The van der Waals surface area contributed by atoms with Gasteiger partial charge in [-0.25, -0.2) is 9.07 Å². The first-order chi connectivity index (χ1) is 13.9. The van der Waals surface area contributed by atoms with Crippen molar-refractivity contribution in [2.45, 2.75) is 37.6 Å². The molecule has 29 heavy (non-hydrogen) atoms. The fourth-order valence-corrected chi connectivity index (χ4v) is 3.58. The van der Waals surface area contributed by atoms with E-state index in [-0.39, 0.29) is 18.8 Å². The molecule has 0 bridgehead atoms. The van der Waals surface area contributed by atoms with Gasteiger partial charge < -0.3 is 24.6 Å². The number of hydrogen-bond acceptors (Lipinski definition) is 7. The molecule has 3 rings (SSSR count). The Bertz CT molecular complexity index is 898. The van der Waals surface area contributed by atoms with Crippen LogP contribution in [-0.2, 0) is 16.0 Å². The highest BCUT2D eigenvalue weighted by molar-refractivity contribution is 5.47. The third kappa shape index (κ3) is 4.26. The smallest absolute Gasteiger partial charge is 0.266 e. The van der Waals surface area contributed by atoms with Crippen molar-refractivity contribution in [3.63, 3.8) is 0 Å². The van der Waals surface area contributed by atoms with E-state index in [4.69, 9.17) is 14.2 Å². The maximum Gasteiger partial charge on any atom is 0.266 e. The summed E-state index contributed by atoms with van der Waals surface area (Å²) in [5.74, 6) is 0.328. The molecule has 0 spiro atoms. The van der Waals surface area contributed by atoms with Crippen LogP contribution in [0.5, 0.6) is 5.75 Å². The second kappa shape index (κ2) is 8.89. The number of halogens is 1. The van der Waals surface area contributed by atoms with Crippen LogP contribution in [0.1, 0.15) is 24.9 Å². The Balaban J connectivity index is 2.04. The summed E-state index contributed by atoms with van der Waals surface area (Å²) in [5.41, 5.74) is -0.982. The van der Waals surface area contributed by atoms with Gasteiger partial charge in [-0.3, -0.25) is 4.79 Å². The Morgan fingerprint density at radius 1 is 1.28 bits per heavy atom. The van der Waals surface area contributed by atoms with E-state index in [9.17, 15) is 14.3 Å². The second-order valence-electron chi connectivity index (χ2n) is 7.06. The highest BCUT2D eigenvalue weighted by atomic mass is 19.1. The van der Waals surface area contributed by atoms with E-state index in [0.717, 1.165) is 6.42 Å². The minimum absolute atomic E-state index is 0.0553. The van der Waals surface area contributed by atoms with Gasteiger partial charge in [0.05, 0.1) is 19.3 Å². The van der Waals surface area contributed by atoms with Gasteiger partial charge in [0.25, 0.3) is 5.56 Å². The van der Waals surface area contributed by atoms with Crippen LogP contribution in [0.3, 0.4) is 0 Å². The lowest BCUT2D eigenvalue weighted by atomic mass is 9.84. The van der Waals surface area contributed by atoms with E-state index in [2.05, 4.69) is 10.4 Å². The predicted molar refractivity (Wildman–Crippen MR) is 105 cm³/mol. The molecule has 9 heteroatoms. The summed E-state index contributed by atoms with van der Waals surface area (Å²) in [6.07, 6.45) is -0.403. The molecule has 158 valence electrons. The molecule has 0 aliphatic carbocycles. The molecule has 1 aromatic heterocycles. The summed E-state index contributed by atoms with van der Waals surface area (Å²) in [5, 5.41) is 18.6. The molecule has 8 nitrogen and oxygen atoms in total. The lowest BCUT2D eigenvalue weighted by Crippen LogP contribution is -2.60. The Hall–Kier alpha value is -2.49. The van der Waals surface area contributed by atoms with Crippen LogP contribution in [0.25, 0.3) is 0 Å². The molecule has 0 fully saturated rings. The van der Waals surface area contributed by atoms with Crippen molar-refractivity contribution in [3.05, 3.63) is 52.1 Å². The molecule has 1 aromatic carbocycles. The number of ether oxygens (including phenoxy) is 3. The number of benzene rings is 1. The standard InChI is InChI=1S/C20H26FN3O5/c1-4-9-24-17(25)8-7-16(23-24)22-18-14-10-13(21)5-6-15(14)29-20(11-27-2,12-28-3)19(18)26/h5-8,10,18-19,26H,4,9,11-12H2,1-3H3,(H,22,23)/t18-,19+/m1/s1. The average Bonchev–Trinajstić information content (AvgIpc) is 2.69. The van der Waals surface area contributed by atoms with Gasteiger partial charge >= 0.3 is 0 Å². The Morgan fingerprint density at radius 2 is 2.00 bits per heavy atom. The molecule has 0 unspecified atom stereocenters. The van der Waals surface area contributed by atoms with E-state index in [1.165, 1.54) is 49.2 Å². The first-order valence-electron chi connectivity index (χ1n) is 9.43. The molecule has 2 heterocycles. The number of aromatic nitrogens is 2. The van der Waals surface area contributed by atoms with E-state index in [1.54, 1.807) is 0 Å². The summed E-state index contributed by atoms with van der Waals surface area (Å²) in [6, 6.07) is 6.28. The quantitative estimate of drug-likeness (QED) is 0.688. The van der Waals surface area contributed by atoms with Gasteiger partial charge in [-0.2, -0.15) is 5.10 Å². The molecule has 0 amide bonds. The van der Waals surface area contributed by atoms with E-state index >= 15 is 0 Å². The number of aliphatic hydroxyl groups is 1. The van der Waals surface area contributed by atoms with Gasteiger partial charge in [0.15, 0.2) is 5.60 Å². The number of nitrogens with one attached hydrogen (secondary N) is 1. The minimum atomic E-state index is -1.20. The molecule has 2 atom stereocenters. The Morgan fingerprint density at radius 3 is 2.66 bits per heavy atom. The molecule has 0 saturated heterocycles. The van der Waals surface area contributed by atoms with Gasteiger partial charge in [0, 0.05) is 32.4 Å². The number of methoxy groups -OCH3 is 2. The fourth-order valence-electron chi connectivity index (χ4n) is 3.58. The molecule has 0 radical (unpaired) electrons. The number of hydrogen-bond donors (Lipinski definition) is 2. The number of anilines is 1. The number of aliphatic hydroxyl groups excluding tert-OH is 1. The minimum Gasteiger partial charge on any atom is -0.479 e. The van der Waals surface area contributed by atoms with E-state index in [0.29, 0.717) is 23.7 Å². The topological polar surface area (TPSA) is 94.8 Å². The Kier molecular flexibility index (Phi) is 6.51. The van der Waals surface area contributed by atoms with Gasteiger partial charge in [0.1, 0.15) is 23.5 Å². The van der Waals surface area contributed by atoms with Gasteiger partial charge in [-0.1, -0.05) is 6.92 Å². The van der Waals surface area contributed by atoms with Crippen LogP contribution in [0.15, 0.2) is 35.1 Å². The van der Waals surface area contributed by atoms with Crippen LogP contribution in [0.2, 0.25) is 0 Å². The predicted octanol–water partition coefficient (Wildman–Crippen LogP) is 1.73. The first-order valence-corrected chi connectivity index (χ1v) is 9.43. The third-order valence-electron chi connectivity index (χ3n) is 4.86. The molecule has 2 N–H and O–H groups in total. The highest BCUT2D eigenvalue weighted by Crippen LogP contribution is 2.42. The lowest BCUT2D eigenvalue weighted by molar-refractivity contribution is -0.142. The number of fused-ring (bicyclic) bond motifs is 1. The van der Waals surface area contributed by atoms with E-state index in [1.807, 2.05) is 6.92 Å². The molecule has 1 aliphatic rings. The van der Waals surface area contributed by atoms with Crippen molar-refractivity contribution in [1.82, 2.24) is 9.78 Å². The largest absolute Gasteiger partial charge is 0.479 e. The average molecular weight is 407 g/mol. The zero-order valence-corrected chi connectivity index (χ0v) is 16.7. The van der Waals surface area contributed by atoms with Crippen LogP contribution in [-0.4, -0.2) is 54.0 Å². The zero-order chi connectivity index (χ0) is 21.0. The van der Waals surface area contributed by atoms with Crippen molar-refractivity contribution in [3.8, 4) is 5.75 Å². The lowest BCUT2D eigenvalue weighted by Gasteiger charge is -2.45. The van der Waals surface area contributed by atoms with Crippen molar-refractivity contribution < 1.29 is 23.7 Å². The second-order valence-corrected chi connectivity index (χ2v) is 7.06. The molecule has 2 aromatic rings. The summed E-state index contributed by atoms with van der Waals surface area (Å²) >= 11 is 0. The number of nitrogens with zero attached hydrogens (tertiary/aromatic N) is 2. The zero-order valence-electron chi connectivity index (χ0n) is 16.7. The third-order valence-corrected chi connectivity index (χ3v) is 4.86. The van der Waals surface area contributed by atoms with Crippen molar-refractivity contribution in [1.29, 1.82) is 0 Å². The molecular weight excluding hydrogens is 381 g/mol. The molecular formula is C20H26FN3O5. The summed E-state index contributed by atoms with van der Waals surface area (Å²) in [7, 11) is 3.00. The normalized spacial score (nSPS) is 20.0. The van der Waals surface area contributed by atoms with Crippen LogP contribution in [0.4, 0.5) is 10.2 Å². The van der Waals surface area contributed by atoms with Gasteiger partial charge in [-0.15, -0.1) is 0 Å². The van der Waals surface area contributed by atoms with Crippen LogP contribution in [0, 0.1) is 5.82 Å². The fraction of sp³-hybridized carbons (Fsp3) is 0.500. The number of aryl methyl sites for hydroxylation is 1.